The van der Waals surface area contributed by atoms with Gasteiger partial charge < -0.3 is 14.5 Å². The van der Waals surface area contributed by atoms with Crippen molar-refractivity contribution in [3.63, 3.8) is 0 Å². The van der Waals surface area contributed by atoms with Crippen molar-refractivity contribution < 1.29 is 4.74 Å². The van der Waals surface area contributed by atoms with Crippen LogP contribution in [0.25, 0.3) is 0 Å². The molecule has 0 spiro atoms. The molecule has 6 aliphatic carbocycles. The van der Waals surface area contributed by atoms with Crippen molar-refractivity contribution in [2.45, 2.75) is 197 Å². The van der Waals surface area contributed by atoms with Gasteiger partial charge in [0.25, 0.3) is 0 Å². The first-order valence-corrected chi connectivity index (χ1v) is 32.4. The molecule has 6 saturated heterocycles. The van der Waals surface area contributed by atoms with Gasteiger partial charge in [-0.25, -0.2) is 0 Å². The summed E-state index contributed by atoms with van der Waals surface area (Å²) in [6, 6.07) is 53.5. The van der Waals surface area contributed by atoms with E-state index >= 15 is 0 Å². The highest BCUT2D eigenvalue weighted by molar-refractivity contribution is 7.68. The predicted octanol–water partition coefficient (Wildman–Crippen LogP) is 12.2. The molecule has 4 aromatic rings. The number of para-hydroxylation sites is 2. The lowest BCUT2D eigenvalue weighted by Crippen LogP contribution is -2.86. The maximum Gasteiger partial charge on any atom is 0.0669 e. The summed E-state index contributed by atoms with van der Waals surface area (Å²) in [6.45, 7) is 0. The minimum Gasteiger partial charge on any atom is -0.374 e. The third kappa shape index (κ3) is 5.84. The molecule has 12 aliphatic rings. The van der Waals surface area contributed by atoms with Crippen molar-refractivity contribution in [3.8, 4) is 0 Å². The van der Waals surface area contributed by atoms with Crippen LogP contribution in [0, 0.1) is 23.7 Å². The van der Waals surface area contributed by atoms with E-state index in [9.17, 15) is 0 Å². The maximum atomic E-state index is 8.38. The first-order chi connectivity index (χ1) is 33.3. The molecule has 348 valence electrons. The Balaban J connectivity index is 0.935. The molecule has 4 aromatic carbocycles. The lowest BCUT2D eigenvalue weighted by Gasteiger charge is -2.77. The monoisotopic (exact) mass is 943 g/mol. The van der Waals surface area contributed by atoms with Gasteiger partial charge in [-0.15, -0.1) is 0 Å². The largest absolute Gasteiger partial charge is 0.374 e. The lowest BCUT2D eigenvalue weighted by atomic mass is 9.66. The van der Waals surface area contributed by atoms with Gasteiger partial charge in [0.2, 0.25) is 0 Å². The van der Waals surface area contributed by atoms with Crippen LogP contribution in [0.5, 0.6) is 0 Å². The molecular formula is C60H72N3OP3. The van der Waals surface area contributed by atoms with Crippen LogP contribution in [0.4, 0.5) is 11.4 Å². The molecule has 23 unspecified atom stereocenters. The van der Waals surface area contributed by atoms with E-state index in [1.165, 1.54) is 108 Å². The summed E-state index contributed by atoms with van der Waals surface area (Å²) in [5, 5.41) is 3.51. The Kier molecular flexibility index (Phi) is 9.93. The summed E-state index contributed by atoms with van der Waals surface area (Å²) >= 11 is 0. The molecule has 67 heavy (non-hydrogen) atoms. The molecule has 0 amide bonds. The smallest absolute Gasteiger partial charge is 0.0669 e. The Morgan fingerprint density at radius 1 is 0.373 bits per heavy atom. The quantitative estimate of drug-likeness (QED) is 0.190. The van der Waals surface area contributed by atoms with Crippen molar-refractivity contribution in [1.29, 1.82) is 0 Å². The molecule has 0 N–H and O–H groups in total. The first kappa shape index (κ1) is 41.3. The van der Waals surface area contributed by atoms with Crippen LogP contribution in [0.1, 0.15) is 103 Å². The number of hydrogen-bond acceptors (Lipinski definition) is 4. The van der Waals surface area contributed by atoms with Gasteiger partial charge in [-0.3, -0.25) is 4.90 Å². The number of fused-ring (bicyclic) bond motifs is 11. The highest BCUT2D eigenvalue weighted by Crippen LogP contribution is 2.80. The molecule has 0 bridgehead atoms. The van der Waals surface area contributed by atoms with Crippen LogP contribution >= 0.6 is 23.8 Å². The van der Waals surface area contributed by atoms with Crippen LogP contribution in [0.2, 0.25) is 0 Å². The average Bonchev–Trinajstić information content (AvgIpc) is 3.91. The molecule has 0 aromatic heterocycles. The summed E-state index contributed by atoms with van der Waals surface area (Å²) < 4.78 is 8.38. The van der Waals surface area contributed by atoms with E-state index in [0.29, 0.717) is 60.2 Å². The molecular weight excluding hydrogens is 872 g/mol. The summed E-state index contributed by atoms with van der Waals surface area (Å²) in [6.07, 6.45) is 23.6. The van der Waals surface area contributed by atoms with Gasteiger partial charge in [-0.2, -0.15) is 0 Å². The van der Waals surface area contributed by atoms with E-state index in [1.807, 2.05) is 0 Å². The second kappa shape index (κ2) is 16.1. The zero-order valence-corrected chi connectivity index (χ0v) is 42.2. The number of piperazine rings is 1. The summed E-state index contributed by atoms with van der Waals surface area (Å²) in [5.74, 6) is 3.41. The van der Waals surface area contributed by atoms with Gasteiger partial charge in [0.1, 0.15) is 0 Å². The zero-order chi connectivity index (χ0) is 43.5. The van der Waals surface area contributed by atoms with Gasteiger partial charge in [0.15, 0.2) is 0 Å². The number of hydrogen-bond donors (Lipinski definition) is 0. The SMILES string of the molecule is c1ccc(N2C3CCCCC3N3C4C5C(CC6OC7CC8C9CCCCC9P(c9ccccc9)C8C8C7P(C64)C4C(CCC2C43)N8c2ccccc2)C2CCCCC2P5c2ccccc2)cc1. The lowest BCUT2D eigenvalue weighted by molar-refractivity contribution is -0.125. The first-order valence-electron chi connectivity index (χ1n) is 27.9. The highest BCUT2D eigenvalue weighted by Gasteiger charge is 2.76. The van der Waals surface area contributed by atoms with Crippen molar-refractivity contribution in [2.75, 3.05) is 9.80 Å². The van der Waals surface area contributed by atoms with Gasteiger partial charge in [-0.1, -0.05) is 159 Å². The van der Waals surface area contributed by atoms with Crippen LogP contribution in [0.3, 0.4) is 0 Å². The second-order valence-electron chi connectivity index (χ2n) is 24.0. The fourth-order valence-electron chi connectivity index (χ4n) is 20.2. The van der Waals surface area contributed by atoms with E-state index in [-0.39, 0.29) is 23.8 Å². The molecule has 12 fully saturated rings. The number of rotatable bonds is 4. The van der Waals surface area contributed by atoms with E-state index in [0.717, 1.165) is 57.6 Å². The fourth-order valence-corrected chi connectivity index (χ4v) is 34.3. The summed E-state index contributed by atoms with van der Waals surface area (Å²) in [7, 11) is -0.885. The molecule has 7 heteroatoms. The Labute approximate surface area is 405 Å². The topological polar surface area (TPSA) is 19.0 Å². The van der Waals surface area contributed by atoms with Gasteiger partial charge in [0.05, 0.1) is 12.2 Å². The second-order valence-corrected chi connectivity index (χ2v) is 31.8. The molecule has 6 saturated carbocycles. The molecule has 0 radical (unpaired) electrons. The molecule has 16 rings (SSSR count). The maximum absolute atomic E-state index is 8.38. The van der Waals surface area contributed by atoms with Crippen molar-refractivity contribution in [2.24, 2.45) is 23.7 Å². The zero-order valence-electron chi connectivity index (χ0n) is 39.5. The minimum absolute atomic E-state index is 0.272. The summed E-state index contributed by atoms with van der Waals surface area (Å²) in [5.41, 5.74) is 8.61. The standard InChI is InChI=1S/C60H72N3OP3/c1-5-19-37(20-6-1)61-45-29-15-16-30-46(45)63-53-47(61)33-34-48-58(53)67-59-49(64-50-36-44-42-28-14-18-32-52(42)66(40-25-11-4-12-26-40)57(44)55(63)60(50)67)35-43-41-27-13-17-31-51(41)65(39-23-9-3-10-24-39)56(43)54(59)62(48)38-21-7-2-8-22-38/h1-12,19-26,41-60H,13-18,27-36H2. The van der Waals surface area contributed by atoms with Crippen molar-refractivity contribution in [3.05, 3.63) is 121 Å². The Hall–Kier alpha value is -2.31. The van der Waals surface area contributed by atoms with E-state index in [4.69, 9.17) is 4.74 Å². The number of ether oxygens (including phenoxy) is 1. The van der Waals surface area contributed by atoms with E-state index < -0.39 is 0 Å². The van der Waals surface area contributed by atoms with Crippen LogP contribution < -0.4 is 20.4 Å². The highest BCUT2D eigenvalue weighted by atomic mass is 31.1. The Morgan fingerprint density at radius 3 is 1.45 bits per heavy atom. The third-order valence-corrected chi connectivity index (χ3v) is 32.9. The normalized spacial score (nSPS) is 48.5. The summed E-state index contributed by atoms with van der Waals surface area (Å²) in [4.78, 5) is 10.00. The third-order valence-electron chi connectivity index (χ3n) is 21.7. The number of nitrogens with zero attached hydrogens (tertiary/aromatic N) is 3. The van der Waals surface area contributed by atoms with Gasteiger partial charge in [0, 0.05) is 82.0 Å². The number of benzene rings is 4. The molecule has 6 aliphatic heterocycles. The van der Waals surface area contributed by atoms with E-state index in [2.05, 4.69) is 136 Å². The van der Waals surface area contributed by atoms with Gasteiger partial charge >= 0.3 is 0 Å². The predicted molar refractivity (Wildman–Crippen MR) is 282 cm³/mol. The van der Waals surface area contributed by atoms with Crippen LogP contribution in [-0.4, -0.2) is 99.0 Å². The minimum atomic E-state index is -0.319. The molecule has 6 heterocycles. The Bertz CT molecular complexity index is 2450. The Morgan fingerprint density at radius 2 is 0.851 bits per heavy atom. The van der Waals surface area contributed by atoms with Crippen molar-refractivity contribution in [1.82, 2.24) is 4.90 Å². The molecule has 4 nitrogen and oxygen atoms in total. The average molecular weight is 944 g/mol. The van der Waals surface area contributed by atoms with Gasteiger partial charge in [-0.05, 0) is 134 Å². The van der Waals surface area contributed by atoms with Crippen LogP contribution in [-0.2, 0) is 4.74 Å². The number of anilines is 2. The fraction of sp³-hybridized carbons (Fsp3) is 0.600. The van der Waals surface area contributed by atoms with Crippen molar-refractivity contribution >= 4 is 45.7 Å². The molecule has 23 atom stereocenters. The van der Waals surface area contributed by atoms with Crippen LogP contribution in [0.15, 0.2) is 121 Å². The van der Waals surface area contributed by atoms with E-state index in [1.54, 1.807) is 16.3 Å².